The van der Waals surface area contributed by atoms with Crippen molar-refractivity contribution in [3.63, 3.8) is 0 Å². The van der Waals surface area contributed by atoms with Crippen LogP contribution >= 0.6 is 23.2 Å². The van der Waals surface area contributed by atoms with Crippen molar-refractivity contribution in [3.05, 3.63) is 33.8 Å². The summed E-state index contributed by atoms with van der Waals surface area (Å²) in [6.07, 6.45) is 0.326. The van der Waals surface area contributed by atoms with Gasteiger partial charge in [0.25, 0.3) is 0 Å². The number of ether oxygens (including phenoxy) is 1. The number of carbonyl (C=O) groups is 1. The van der Waals surface area contributed by atoms with Crippen LogP contribution in [0.2, 0.25) is 10.0 Å². The smallest absolute Gasteiger partial charge is 0.407 e. The van der Waals surface area contributed by atoms with E-state index < -0.39 is 11.7 Å². The second kappa shape index (κ2) is 6.26. The van der Waals surface area contributed by atoms with E-state index in [1.165, 1.54) is 0 Å². The summed E-state index contributed by atoms with van der Waals surface area (Å²) in [5, 5.41) is 13.2. The molecule has 4 nitrogen and oxygen atoms in total. The highest BCUT2D eigenvalue weighted by molar-refractivity contribution is 6.42. The van der Waals surface area contributed by atoms with Crippen LogP contribution in [0.1, 0.15) is 32.8 Å². The first kappa shape index (κ1) is 17.4. The number of carbonyl (C=O) groups excluding carboxylic acids is 1. The molecule has 0 radical (unpaired) electrons. The number of aliphatic hydroxyl groups excluding tert-OH is 1. The zero-order chi connectivity index (χ0) is 16.5. The molecule has 6 heteroatoms. The molecular formula is C16H21Cl2NO3. The lowest BCUT2D eigenvalue weighted by Gasteiger charge is -2.23. The quantitative estimate of drug-likeness (QED) is 0.873. The Labute approximate surface area is 140 Å². The van der Waals surface area contributed by atoms with Gasteiger partial charge in [-0.25, -0.2) is 4.79 Å². The highest BCUT2D eigenvalue weighted by Gasteiger charge is 2.55. The zero-order valence-electron chi connectivity index (χ0n) is 13.0. The maximum atomic E-state index is 11.8. The monoisotopic (exact) mass is 345 g/mol. The lowest BCUT2D eigenvalue weighted by atomic mass is 9.93. The van der Waals surface area contributed by atoms with Gasteiger partial charge in [-0.1, -0.05) is 29.3 Å². The summed E-state index contributed by atoms with van der Waals surface area (Å²) in [6.45, 7) is 5.90. The van der Waals surface area contributed by atoms with Gasteiger partial charge in [0.15, 0.2) is 0 Å². The Hall–Kier alpha value is -0.970. The molecule has 22 heavy (non-hydrogen) atoms. The summed E-state index contributed by atoms with van der Waals surface area (Å²) in [7, 11) is 0. The Balaban J connectivity index is 2.10. The first-order chi connectivity index (χ1) is 10.2. The van der Waals surface area contributed by atoms with Gasteiger partial charge in [0.05, 0.1) is 10.0 Å². The standard InChI is InChI=1S/C16H21Cl2NO3/c1-15(2,3)22-14(21)19-9-16(7-11(16)8-20)10-4-5-12(17)13(18)6-10/h4-6,11,20H,7-9H2,1-3H3,(H,19,21)/t11-,16?/m0/s1. The number of amides is 1. The normalized spacial score (nSPS) is 24.0. The van der Waals surface area contributed by atoms with E-state index in [1.807, 2.05) is 26.8 Å². The molecule has 2 rings (SSSR count). The van der Waals surface area contributed by atoms with Crippen molar-refractivity contribution in [1.29, 1.82) is 0 Å². The van der Waals surface area contributed by atoms with Gasteiger partial charge in [-0.3, -0.25) is 0 Å². The van der Waals surface area contributed by atoms with Crippen molar-refractivity contribution in [2.45, 2.75) is 38.2 Å². The number of alkyl carbamates (subject to hydrolysis) is 1. The molecule has 2 atom stereocenters. The molecule has 1 aromatic rings. The molecule has 0 aliphatic heterocycles. The van der Waals surface area contributed by atoms with Gasteiger partial charge >= 0.3 is 6.09 Å². The molecule has 1 aliphatic carbocycles. The van der Waals surface area contributed by atoms with Crippen molar-refractivity contribution in [1.82, 2.24) is 5.32 Å². The molecule has 1 aliphatic rings. The summed E-state index contributed by atoms with van der Waals surface area (Å²) in [4.78, 5) is 11.8. The molecule has 0 bridgehead atoms. The van der Waals surface area contributed by atoms with Crippen LogP contribution in [0.25, 0.3) is 0 Å². The van der Waals surface area contributed by atoms with Crippen molar-refractivity contribution < 1.29 is 14.6 Å². The third-order valence-corrected chi connectivity index (χ3v) is 4.63. The molecule has 0 spiro atoms. The number of benzene rings is 1. The van der Waals surface area contributed by atoms with Gasteiger partial charge in [-0.15, -0.1) is 0 Å². The average molecular weight is 346 g/mol. The Bertz CT molecular complexity index is 571. The van der Waals surface area contributed by atoms with Crippen LogP contribution in [-0.4, -0.2) is 30.0 Å². The predicted molar refractivity (Wildman–Crippen MR) is 87.6 cm³/mol. The molecule has 1 amide bonds. The number of halogens is 2. The van der Waals surface area contributed by atoms with Gasteiger partial charge in [-0.2, -0.15) is 0 Å². The summed E-state index contributed by atoms with van der Waals surface area (Å²) in [5.74, 6) is 0.0969. The number of rotatable bonds is 4. The van der Waals surface area contributed by atoms with Crippen LogP contribution in [0.5, 0.6) is 0 Å². The van der Waals surface area contributed by atoms with E-state index in [1.54, 1.807) is 12.1 Å². The van der Waals surface area contributed by atoms with E-state index >= 15 is 0 Å². The summed E-state index contributed by atoms with van der Waals surface area (Å²) in [6, 6.07) is 5.43. The van der Waals surface area contributed by atoms with Crippen molar-refractivity contribution in [2.24, 2.45) is 5.92 Å². The van der Waals surface area contributed by atoms with Crippen LogP contribution in [-0.2, 0) is 10.2 Å². The van der Waals surface area contributed by atoms with Gasteiger partial charge < -0.3 is 15.2 Å². The van der Waals surface area contributed by atoms with Crippen LogP contribution in [0.15, 0.2) is 18.2 Å². The van der Waals surface area contributed by atoms with Crippen LogP contribution in [0.4, 0.5) is 4.79 Å². The van der Waals surface area contributed by atoms with Crippen molar-refractivity contribution >= 4 is 29.3 Å². The third kappa shape index (κ3) is 3.86. The third-order valence-electron chi connectivity index (χ3n) is 3.89. The number of hydrogen-bond donors (Lipinski definition) is 2. The van der Waals surface area contributed by atoms with E-state index in [0.717, 1.165) is 12.0 Å². The number of nitrogens with one attached hydrogen (secondary N) is 1. The Morgan fingerprint density at radius 3 is 2.59 bits per heavy atom. The van der Waals surface area contributed by atoms with E-state index in [2.05, 4.69) is 5.32 Å². The average Bonchev–Trinajstić information content (AvgIpc) is 3.13. The Morgan fingerprint density at radius 2 is 2.09 bits per heavy atom. The van der Waals surface area contributed by atoms with Crippen LogP contribution in [0.3, 0.4) is 0 Å². The van der Waals surface area contributed by atoms with Crippen LogP contribution in [0, 0.1) is 5.92 Å². The molecule has 2 N–H and O–H groups in total. The maximum Gasteiger partial charge on any atom is 0.407 e. The van der Waals surface area contributed by atoms with E-state index in [-0.39, 0.29) is 17.9 Å². The number of aliphatic hydroxyl groups is 1. The molecule has 0 aromatic heterocycles. The fraction of sp³-hybridized carbons (Fsp3) is 0.562. The SMILES string of the molecule is CC(C)(C)OC(=O)NCC1(c2ccc(Cl)c(Cl)c2)C[C@H]1CO. The van der Waals surface area contributed by atoms with Gasteiger partial charge in [0.1, 0.15) is 5.60 Å². The molecule has 122 valence electrons. The van der Waals surface area contributed by atoms with Gasteiger partial charge in [-0.05, 0) is 50.8 Å². The maximum absolute atomic E-state index is 11.8. The van der Waals surface area contributed by atoms with Crippen LogP contribution < -0.4 is 5.32 Å². The molecule has 1 saturated carbocycles. The fourth-order valence-corrected chi connectivity index (χ4v) is 2.94. The second-order valence-corrected chi connectivity index (χ2v) is 7.54. The molecule has 1 aromatic carbocycles. The molecule has 0 saturated heterocycles. The zero-order valence-corrected chi connectivity index (χ0v) is 14.5. The van der Waals surface area contributed by atoms with Crippen molar-refractivity contribution in [2.75, 3.05) is 13.2 Å². The molecular weight excluding hydrogens is 325 g/mol. The molecule has 1 fully saturated rings. The minimum Gasteiger partial charge on any atom is -0.444 e. The second-order valence-electron chi connectivity index (χ2n) is 6.72. The first-order valence-corrected chi connectivity index (χ1v) is 7.97. The summed E-state index contributed by atoms with van der Waals surface area (Å²) >= 11 is 12.0. The highest BCUT2D eigenvalue weighted by Crippen LogP contribution is 2.54. The van der Waals surface area contributed by atoms with E-state index in [4.69, 9.17) is 27.9 Å². The minimum absolute atomic E-state index is 0.0657. The largest absolute Gasteiger partial charge is 0.444 e. The Kier molecular flexibility index (Phi) is 4.95. The fourth-order valence-electron chi connectivity index (χ4n) is 2.64. The van der Waals surface area contributed by atoms with E-state index in [0.29, 0.717) is 16.6 Å². The summed E-state index contributed by atoms with van der Waals surface area (Å²) < 4.78 is 5.25. The highest BCUT2D eigenvalue weighted by atomic mass is 35.5. The minimum atomic E-state index is -0.541. The number of hydrogen-bond acceptors (Lipinski definition) is 3. The first-order valence-electron chi connectivity index (χ1n) is 7.21. The topological polar surface area (TPSA) is 58.6 Å². The van der Waals surface area contributed by atoms with Gasteiger partial charge in [0.2, 0.25) is 0 Å². The molecule has 0 heterocycles. The Morgan fingerprint density at radius 1 is 1.41 bits per heavy atom. The van der Waals surface area contributed by atoms with Gasteiger partial charge in [0, 0.05) is 18.6 Å². The predicted octanol–water partition coefficient (Wildman–Crippen LogP) is 3.77. The van der Waals surface area contributed by atoms with E-state index in [9.17, 15) is 9.90 Å². The summed E-state index contributed by atoms with van der Waals surface area (Å²) in [5.41, 5.74) is 0.123. The van der Waals surface area contributed by atoms with Crippen molar-refractivity contribution in [3.8, 4) is 0 Å². The molecule has 1 unspecified atom stereocenters. The lowest BCUT2D eigenvalue weighted by Crippen LogP contribution is -2.37. The lowest BCUT2D eigenvalue weighted by molar-refractivity contribution is 0.0520.